The highest BCUT2D eigenvalue weighted by molar-refractivity contribution is 5.13. The predicted molar refractivity (Wildman–Crippen MR) is 43.5 cm³/mol. The summed E-state index contributed by atoms with van der Waals surface area (Å²) in [5.41, 5.74) is 0. The summed E-state index contributed by atoms with van der Waals surface area (Å²) in [6.45, 7) is 4.79. The Morgan fingerprint density at radius 3 is 2.20 bits per heavy atom. The second-order valence-corrected chi connectivity index (χ2v) is 4.17. The Morgan fingerprint density at radius 2 is 1.90 bits per heavy atom. The zero-order valence-corrected chi connectivity index (χ0v) is 7.06. The zero-order chi connectivity index (χ0) is 7.14. The molecule has 0 nitrogen and oxygen atoms in total. The van der Waals surface area contributed by atoms with Crippen molar-refractivity contribution in [2.45, 2.75) is 39.5 Å². The van der Waals surface area contributed by atoms with E-state index in [-0.39, 0.29) is 0 Å². The SMILES string of the molecule is CC1C[C](C2CCC2)[C@@H]1C. The first-order valence-corrected chi connectivity index (χ1v) is 4.64. The Bertz CT molecular complexity index is 122. The second kappa shape index (κ2) is 2.25. The summed E-state index contributed by atoms with van der Waals surface area (Å²) >= 11 is 0. The molecule has 10 heavy (non-hydrogen) atoms. The van der Waals surface area contributed by atoms with Crippen LogP contribution in [0.25, 0.3) is 0 Å². The van der Waals surface area contributed by atoms with E-state index in [2.05, 4.69) is 13.8 Å². The van der Waals surface area contributed by atoms with Crippen LogP contribution in [0.3, 0.4) is 0 Å². The molecule has 0 aromatic heterocycles. The summed E-state index contributed by atoms with van der Waals surface area (Å²) in [6, 6.07) is 0. The van der Waals surface area contributed by atoms with Crippen LogP contribution in [0.1, 0.15) is 39.5 Å². The molecule has 2 aliphatic carbocycles. The molecule has 57 valence electrons. The fourth-order valence-corrected chi connectivity index (χ4v) is 2.26. The third-order valence-corrected chi connectivity index (χ3v) is 3.63. The van der Waals surface area contributed by atoms with E-state index in [4.69, 9.17) is 0 Å². The molecular weight excluding hydrogens is 120 g/mol. The lowest BCUT2D eigenvalue weighted by atomic mass is 9.57. The minimum absolute atomic E-state index is 0.963. The lowest BCUT2D eigenvalue weighted by Crippen LogP contribution is -2.38. The monoisotopic (exact) mass is 137 g/mol. The van der Waals surface area contributed by atoms with E-state index in [1.54, 1.807) is 0 Å². The van der Waals surface area contributed by atoms with Gasteiger partial charge in [0.25, 0.3) is 0 Å². The Balaban J connectivity index is 1.84. The molecule has 2 fully saturated rings. The summed E-state index contributed by atoms with van der Waals surface area (Å²) in [5, 5.41) is 0. The second-order valence-electron chi connectivity index (χ2n) is 4.17. The van der Waals surface area contributed by atoms with E-state index in [1.807, 2.05) is 5.92 Å². The molecule has 1 radical (unpaired) electrons. The first kappa shape index (κ1) is 6.69. The van der Waals surface area contributed by atoms with Gasteiger partial charge in [-0.25, -0.2) is 0 Å². The number of hydrogen-bond acceptors (Lipinski definition) is 0. The number of hydrogen-bond donors (Lipinski definition) is 0. The van der Waals surface area contributed by atoms with Crippen LogP contribution in [0.2, 0.25) is 0 Å². The molecule has 0 N–H and O–H groups in total. The molecule has 0 aromatic carbocycles. The molecule has 2 rings (SSSR count). The summed E-state index contributed by atoms with van der Waals surface area (Å²) in [7, 11) is 0. The van der Waals surface area contributed by atoms with Crippen molar-refractivity contribution < 1.29 is 0 Å². The third kappa shape index (κ3) is 0.810. The summed E-state index contributed by atoms with van der Waals surface area (Å²) in [5.74, 6) is 4.92. The minimum Gasteiger partial charge on any atom is -0.0622 e. The first-order valence-electron chi connectivity index (χ1n) is 4.64. The van der Waals surface area contributed by atoms with Crippen LogP contribution in [0, 0.1) is 23.7 Å². The zero-order valence-electron chi connectivity index (χ0n) is 7.06. The molecule has 1 unspecified atom stereocenters. The topological polar surface area (TPSA) is 0 Å². The van der Waals surface area contributed by atoms with Gasteiger partial charge in [-0.15, -0.1) is 0 Å². The van der Waals surface area contributed by atoms with E-state index >= 15 is 0 Å². The normalized spacial score (nSPS) is 42.6. The summed E-state index contributed by atoms with van der Waals surface area (Å²) < 4.78 is 0. The van der Waals surface area contributed by atoms with E-state index in [0.29, 0.717) is 0 Å². The quantitative estimate of drug-likeness (QED) is 0.521. The van der Waals surface area contributed by atoms with Crippen LogP contribution in [0.5, 0.6) is 0 Å². The lowest BCUT2D eigenvalue weighted by molar-refractivity contribution is 0.157. The van der Waals surface area contributed by atoms with Gasteiger partial charge in [-0.2, -0.15) is 0 Å². The Kier molecular flexibility index (Phi) is 1.51. The fraction of sp³-hybridized carbons (Fsp3) is 0.900. The van der Waals surface area contributed by atoms with Gasteiger partial charge in [-0.3, -0.25) is 0 Å². The molecule has 0 spiro atoms. The Hall–Kier alpha value is 0. The molecule has 0 heterocycles. The highest BCUT2D eigenvalue weighted by atomic mass is 14.5. The van der Waals surface area contributed by atoms with Gasteiger partial charge in [0.15, 0.2) is 0 Å². The van der Waals surface area contributed by atoms with Crippen molar-refractivity contribution in [1.29, 1.82) is 0 Å². The van der Waals surface area contributed by atoms with Crippen LogP contribution >= 0.6 is 0 Å². The standard InChI is InChI=1S/C10H17/c1-7-6-10(8(7)2)9-4-3-5-9/h7-9H,3-6H2,1-2H3/t7?,8-/m1/s1. The van der Waals surface area contributed by atoms with Crippen LogP contribution < -0.4 is 0 Å². The first-order chi connectivity index (χ1) is 4.79. The molecule has 0 aliphatic heterocycles. The van der Waals surface area contributed by atoms with Crippen molar-refractivity contribution in [3.63, 3.8) is 0 Å². The fourth-order valence-electron chi connectivity index (χ4n) is 2.26. The van der Waals surface area contributed by atoms with Crippen LogP contribution in [0.15, 0.2) is 0 Å². The van der Waals surface area contributed by atoms with E-state index in [1.165, 1.54) is 25.7 Å². The Morgan fingerprint density at radius 1 is 1.20 bits per heavy atom. The maximum absolute atomic E-state index is 2.40. The van der Waals surface area contributed by atoms with Crippen LogP contribution in [-0.2, 0) is 0 Å². The maximum atomic E-state index is 2.40. The van der Waals surface area contributed by atoms with Crippen molar-refractivity contribution in [2.75, 3.05) is 0 Å². The molecule has 2 aliphatic rings. The van der Waals surface area contributed by atoms with Crippen molar-refractivity contribution in [2.24, 2.45) is 17.8 Å². The predicted octanol–water partition coefficient (Wildman–Crippen LogP) is 3.04. The highest BCUT2D eigenvalue weighted by Crippen LogP contribution is 2.51. The largest absolute Gasteiger partial charge is 0.0622 e. The molecule has 0 amide bonds. The van der Waals surface area contributed by atoms with Crippen molar-refractivity contribution in [3.05, 3.63) is 5.92 Å². The van der Waals surface area contributed by atoms with Gasteiger partial charge in [0.05, 0.1) is 0 Å². The molecule has 2 saturated carbocycles. The van der Waals surface area contributed by atoms with Gasteiger partial charge in [-0.1, -0.05) is 20.3 Å². The summed E-state index contributed by atoms with van der Waals surface area (Å²) in [6.07, 6.45) is 5.96. The van der Waals surface area contributed by atoms with E-state index in [0.717, 1.165) is 17.8 Å². The average molecular weight is 137 g/mol. The Labute approximate surface area is 64.0 Å². The van der Waals surface area contributed by atoms with Crippen molar-refractivity contribution in [3.8, 4) is 0 Å². The molecule has 0 aromatic rings. The maximum Gasteiger partial charge on any atom is -0.0176 e. The van der Waals surface area contributed by atoms with Gasteiger partial charge in [-0.05, 0) is 42.9 Å². The molecule has 0 saturated heterocycles. The molecule has 2 atom stereocenters. The van der Waals surface area contributed by atoms with Crippen LogP contribution in [0.4, 0.5) is 0 Å². The third-order valence-electron chi connectivity index (χ3n) is 3.63. The minimum atomic E-state index is 0.963. The van der Waals surface area contributed by atoms with Gasteiger partial charge in [0.1, 0.15) is 0 Å². The van der Waals surface area contributed by atoms with Gasteiger partial charge in [0, 0.05) is 0 Å². The van der Waals surface area contributed by atoms with Crippen LogP contribution in [-0.4, -0.2) is 0 Å². The smallest absolute Gasteiger partial charge is 0.0176 e. The average Bonchev–Trinajstić information content (AvgIpc) is 1.83. The van der Waals surface area contributed by atoms with Gasteiger partial charge < -0.3 is 0 Å². The molecule has 0 bridgehead atoms. The number of rotatable bonds is 1. The van der Waals surface area contributed by atoms with Crippen molar-refractivity contribution >= 4 is 0 Å². The molecule has 0 heteroatoms. The van der Waals surface area contributed by atoms with E-state index < -0.39 is 0 Å². The van der Waals surface area contributed by atoms with Crippen molar-refractivity contribution in [1.82, 2.24) is 0 Å². The highest BCUT2D eigenvalue weighted by Gasteiger charge is 2.41. The lowest BCUT2D eigenvalue weighted by Gasteiger charge is -2.48. The molecular formula is C10H17. The van der Waals surface area contributed by atoms with Gasteiger partial charge >= 0.3 is 0 Å². The van der Waals surface area contributed by atoms with Gasteiger partial charge in [0.2, 0.25) is 0 Å². The van der Waals surface area contributed by atoms with E-state index in [9.17, 15) is 0 Å². The summed E-state index contributed by atoms with van der Waals surface area (Å²) in [4.78, 5) is 0.